The fourth-order valence-electron chi connectivity index (χ4n) is 6.30. The van der Waals surface area contributed by atoms with Crippen LogP contribution in [0.5, 0.6) is 11.5 Å². The van der Waals surface area contributed by atoms with Crippen molar-refractivity contribution in [2.75, 3.05) is 0 Å². The van der Waals surface area contributed by atoms with Gasteiger partial charge in [-0.25, -0.2) is 15.0 Å². The first-order valence-corrected chi connectivity index (χ1v) is 15.0. The zero-order chi connectivity index (χ0) is 29.7. The van der Waals surface area contributed by atoms with E-state index in [1.54, 1.807) is 0 Å². The standard InChI is InChI=1S/C41H25N3O/c1-3-11-27(12-4-1)39-42-40(28-13-5-2-6-14-28)44-41(43-39)34-21-23-37-38-32(34)16-9-17-33(38)35-25-31(20-22-36(35)45-37)30-19-18-26-10-7-8-15-29(26)24-30/h1-25H. The maximum Gasteiger partial charge on any atom is 0.164 e. The molecule has 45 heavy (non-hydrogen) atoms. The fraction of sp³-hybridized carbons (Fsp3) is 0. The third-order valence-corrected chi connectivity index (χ3v) is 8.52. The third kappa shape index (κ3) is 4.35. The Balaban J connectivity index is 1.22. The van der Waals surface area contributed by atoms with Gasteiger partial charge in [0.15, 0.2) is 17.5 Å². The van der Waals surface area contributed by atoms with E-state index in [1.807, 2.05) is 66.7 Å². The van der Waals surface area contributed by atoms with Gasteiger partial charge >= 0.3 is 0 Å². The molecule has 0 amide bonds. The normalized spacial score (nSPS) is 11.7. The molecule has 0 fully saturated rings. The average Bonchev–Trinajstić information content (AvgIpc) is 3.12. The molecule has 1 aliphatic rings. The zero-order valence-corrected chi connectivity index (χ0v) is 24.2. The van der Waals surface area contributed by atoms with Crippen molar-refractivity contribution in [1.82, 2.24) is 15.0 Å². The summed E-state index contributed by atoms with van der Waals surface area (Å²) in [4.78, 5) is 14.9. The van der Waals surface area contributed by atoms with Crippen LogP contribution < -0.4 is 4.74 Å². The van der Waals surface area contributed by atoms with Gasteiger partial charge in [-0.05, 0) is 63.2 Å². The molecule has 0 saturated heterocycles. The van der Waals surface area contributed by atoms with Gasteiger partial charge in [-0.2, -0.15) is 0 Å². The molecule has 9 rings (SSSR count). The van der Waals surface area contributed by atoms with Gasteiger partial charge in [-0.15, -0.1) is 0 Å². The number of benzene rings is 7. The number of nitrogens with zero attached hydrogens (tertiary/aromatic N) is 3. The summed E-state index contributed by atoms with van der Waals surface area (Å²) in [7, 11) is 0. The molecule has 1 aliphatic heterocycles. The molecule has 0 bridgehead atoms. The largest absolute Gasteiger partial charge is 0.456 e. The van der Waals surface area contributed by atoms with E-state index in [9.17, 15) is 0 Å². The zero-order valence-electron chi connectivity index (χ0n) is 24.2. The monoisotopic (exact) mass is 575 g/mol. The van der Waals surface area contributed by atoms with E-state index in [0.29, 0.717) is 17.5 Å². The van der Waals surface area contributed by atoms with Crippen LogP contribution in [0.2, 0.25) is 0 Å². The van der Waals surface area contributed by atoms with Gasteiger partial charge in [-0.3, -0.25) is 0 Å². The van der Waals surface area contributed by atoms with Gasteiger partial charge in [0.05, 0.1) is 0 Å². The molecular formula is C41H25N3O. The first-order valence-electron chi connectivity index (χ1n) is 15.0. The Bertz CT molecular complexity index is 2340. The summed E-state index contributed by atoms with van der Waals surface area (Å²) in [5.41, 5.74) is 7.35. The van der Waals surface area contributed by atoms with Crippen molar-refractivity contribution in [2.24, 2.45) is 0 Å². The molecule has 210 valence electrons. The highest BCUT2D eigenvalue weighted by Gasteiger charge is 2.23. The second kappa shape index (κ2) is 10.2. The molecule has 0 radical (unpaired) electrons. The van der Waals surface area contributed by atoms with Gasteiger partial charge in [0.2, 0.25) is 0 Å². The number of rotatable bonds is 4. The van der Waals surface area contributed by atoms with Crippen molar-refractivity contribution < 1.29 is 4.74 Å². The molecule has 4 nitrogen and oxygen atoms in total. The highest BCUT2D eigenvalue weighted by Crippen LogP contribution is 2.49. The molecule has 0 spiro atoms. The SMILES string of the molecule is c1ccc(-c2nc(-c3ccccc3)nc(-c3ccc4c5c(cccc35)-c3cc(-c5ccc6ccccc6c5)ccc3O4)n2)cc1. The quantitative estimate of drug-likeness (QED) is 0.209. The second-order valence-electron chi connectivity index (χ2n) is 11.3. The van der Waals surface area contributed by atoms with Gasteiger partial charge in [0.25, 0.3) is 0 Å². The number of hydrogen-bond acceptors (Lipinski definition) is 4. The Morgan fingerprint density at radius 2 is 0.978 bits per heavy atom. The Morgan fingerprint density at radius 3 is 1.73 bits per heavy atom. The molecule has 0 aliphatic carbocycles. The van der Waals surface area contributed by atoms with Crippen molar-refractivity contribution in [3.05, 3.63) is 152 Å². The van der Waals surface area contributed by atoms with E-state index < -0.39 is 0 Å². The van der Waals surface area contributed by atoms with Crippen LogP contribution in [0.25, 0.3) is 78.0 Å². The number of hydrogen-bond donors (Lipinski definition) is 0. The lowest BCUT2D eigenvalue weighted by Gasteiger charge is -2.23. The molecular weight excluding hydrogens is 550 g/mol. The van der Waals surface area contributed by atoms with Crippen molar-refractivity contribution in [3.63, 3.8) is 0 Å². The Labute approximate surface area is 260 Å². The summed E-state index contributed by atoms with van der Waals surface area (Å²) in [5.74, 6) is 3.59. The van der Waals surface area contributed by atoms with Crippen LogP contribution in [0.1, 0.15) is 0 Å². The first-order chi connectivity index (χ1) is 22.3. The van der Waals surface area contributed by atoms with Gasteiger partial charge in [0, 0.05) is 27.6 Å². The van der Waals surface area contributed by atoms with Gasteiger partial charge in [-0.1, -0.05) is 121 Å². The summed E-state index contributed by atoms with van der Waals surface area (Å²) in [6.45, 7) is 0. The van der Waals surface area contributed by atoms with Crippen LogP contribution in [0.3, 0.4) is 0 Å². The molecule has 1 aromatic heterocycles. The Hall–Kier alpha value is -6.13. The average molecular weight is 576 g/mol. The second-order valence-corrected chi connectivity index (χ2v) is 11.3. The van der Waals surface area contributed by atoms with Crippen LogP contribution in [-0.2, 0) is 0 Å². The van der Waals surface area contributed by atoms with E-state index in [1.165, 1.54) is 16.3 Å². The highest BCUT2D eigenvalue weighted by atomic mass is 16.5. The smallest absolute Gasteiger partial charge is 0.164 e. The molecule has 4 heteroatoms. The van der Waals surface area contributed by atoms with Crippen LogP contribution in [0, 0.1) is 0 Å². The van der Waals surface area contributed by atoms with Gasteiger partial charge in [0.1, 0.15) is 11.5 Å². The van der Waals surface area contributed by atoms with Crippen LogP contribution in [0.15, 0.2) is 152 Å². The lowest BCUT2D eigenvalue weighted by molar-refractivity contribution is 0.487. The summed E-state index contributed by atoms with van der Waals surface area (Å²) >= 11 is 0. The minimum Gasteiger partial charge on any atom is -0.456 e. The number of aromatic nitrogens is 3. The predicted molar refractivity (Wildman–Crippen MR) is 182 cm³/mol. The van der Waals surface area contributed by atoms with E-state index >= 15 is 0 Å². The maximum absolute atomic E-state index is 6.53. The third-order valence-electron chi connectivity index (χ3n) is 8.52. The molecule has 2 heterocycles. The van der Waals surface area contributed by atoms with E-state index in [0.717, 1.165) is 55.7 Å². The minimum atomic E-state index is 0.627. The van der Waals surface area contributed by atoms with Gasteiger partial charge < -0.3 is 4.74 Å². The van der Waals surface area contributed by atoms with E-state index in [-0.39, 0.29) is 0 Å². The van der Waals surface area contributed by atoms with Crippen LogP contribution in [0.4, 0.5) is 0 Å². The van der Waals surface area contributed by atoms with Crippen LogP contribution in [-0.4, -0.2) is 15.0 Å². The molecule has 0 N–H and O–H groups in total. The predicted octanol–water partition coefficient (Wildman–Crippen LogP) is 10.6. The lowest BCUT2D eigenvalue weighted by Crippen LogP contribution is -2.02. The molecule has 0 atom stereocenters. The Kier molecular flexibility index (Phi) is 5.78. The van der Waals surface area contributed by atoms with Crippen molar-refractivity contribution in [1.29, 1.82) is 0 Å². The van der Waals surface area contributed by atoms with E-state index in [2.05, 4.69) is 84.9 Å². The summed E-state index contributed by atoms with van der Waals surface area (Å²) in [6, 6.07) is 52.2. The molecule has 0 saturated carbocycles. The van der Waals surface area contributed by atoms with Crippen molar-refractivity contribution in [2.45, 2.75) is 0 Å². The Morgan fingerprint density at radius 1 is 0.356 bits per heavy atom. The van der Waals surface area contributed by atoms with Crippen molar-refractivity contribution >= 4 is 21.5 Å². The summed E-state index contributed by atoms with van der Waals surface area (Å²) in [5, 5.41) is 4.55. The fourth-order valence-corrected chi connectivity index (χ4v) is 6.30. The molecule has 0 unspecified atom stereocenters. The van der Waals surface area contributed by atoms with Crippen molar-refractivity contribution in [3.8, 4) is 67.9 Å². The number of ether oxygens (including phenoxy) is 1. The maximum atomic E-state index is 6.53. The molecule has 8 aromatic rings. The lowest BCUT2D eigenvalue weighted by atomic mass is 9.90. The highest BCUT2D eigenvalue weighted by molar-refractivity contribution is 6.09. The van der Waals surface area contributed by atoms with Crippen LogP contribution >= 0.6 is 0 Å². The first kappa shape index (κ1) is 25.4. The summed E-state index contributed by atoms with van der Waals surface area (Å²) in [6.07, 6.45) is 0. The number of fused-ring (bicyclic) bond motifs is 3. The summed E-state index contributed by atoms with van der Waals surface area (Å²) < 4.78 is 6.53. The van der Waals surface area contributed by atoms with E-state index in [4.69, 9.17) is 19.7 Å². The topological polar surface area (TPSA) is 47.9 Å². The minimum absolute atomic E-state index is 0.627. The molecule has 7 aromatic carbocycles.